The first kappa shape index (κ1) is 50.1. The molecule has 0 bridgehead atoms. The van der Waals surface area contributed by atoms with Crippen LogP contribution in [0.15, 0.2) is 156 Å². The maximum absolute atomic E-state index is 15.8. The van der Waals surface area contributed by atoms with Gasteiger partial charge in [0.1, 0.15) is 27.2 Å². The molecule has 2 aliphatic heterocycles. The average molecular weight is 1060 g/mol. The minimum atomic E-state index is -4.20. The molecule has 2 aliphatic rings. The van der Waals surface area contributed by atoms with Crippen LogP contribution >= 0.6 is 11.6 Å². The van der Waals surface area contributed by atoms with E-state index >= 15 is 8.78 Å². The van der Waals surface area contributed by atoms with Gasteiger partial charge in [0, 0.05) is 122 Å². The number of carbonyl (C=O) groups excluding carboxylic acids is 2. The molecule has 0 spiro atoms. The lowest BCUT2D eigenvalue weighted by Crippen LogP contribution is -2.48. The van der Waals surface area contributed by atoms with Crippen molar-refractivity contribution in [2.75, 3.05) is 61.8 Å². The van der Waals surface area contributed by atoms with Crippen molar-refractivity contribution in [1.29, 1.82) is 0 Å². The number of amides is 2. The molecular weight excluding hydrogens is 1010 g/mol. The minimum Gasteiger partial charge on any atom is -0.336 e. The number of sulfonamides is 2. The molecule has 378 valence electrons. The normalized spacial score (nSPS) is 14.9. The summed E-state index contributed by atoms with van der Waals surface area (Å²) in [5.74, 6) is -2.48. The van der Waals surface area contributed by atoms with Crippen molar-refractivity contribution < 1.29 is 39.6 Å². The van der Waals surface area contributed by atoms with Crippen LogP contribution in [0.25, 0.3) is 32.9 Å². The minimum absolute atomic E-state index is 0.0293. The maximum Gasteiger partial charge on any atom is 0.264 e. The van der Waals surface area contributed by atoms with Gasteiger partial charge in [-0.3, -0.25) is 38.8 Å². The van der Waals surface area contributed by atoms with E-state index in [9.17, 15) is 30.8 Å². The topological polar surface area (TPSA) is 165 Å². The molecule has 0 atom stereocenters. The highest BCUT2D eigenvalue weighted by Crippen LogP contribution is 2.31. The largest absolute Gasteiger partial charge is 0.336 e. The summed E-state index contributed by atoms with van der Waals surface area (Å²) in [6, 6.07) is 34.0. The number of hydrogen-bond donors (Lipinski definition) is 2. The van der Waals surface area contributed by atoms with E-state index in [4.69, 9.17) is 11.6 Å². The summed E-state index contributed by atoms with van der Waals surface area (Å²) in [7, 11) is -8.18. The van der Waals surface area contributed by atoms with Crippen LogP contribution in [-0.2, 0) is 33.1 Å². The van der Waals surface area contributed by atoms with Gasteiger partial charge in [0.2, 0.25) is 0 Å². The van der Waals surface area contributed by atoms with Crippen molar-refractivity contribution in [1.82, 2.24) is 29.6 Å². The fourth-order valence-corrected chi connectivity index (χ4v) is 11.8. The lowest BCUT2D eigenvalue weighted by atomic mass is 10.0. The van der Waals surface area contributed by atoms with Crippen LogP contribution < -0.4 is 9.44 Å². The Morgan fingerprint density at radius 3 is 1.57 bits per heavy atom. The Morgan fingerprint density at radius 1 is 0.527 bits per heavy atom. The molecule has 2 saturated heterocycles. The van der Waals surface area contributed by atoms with E-state index in [-0.39, 0.29) is 61.2 Å². The second-order valence-corrected chi connectivity index (χ2v) is 21.8. The summed E-state index contributed by atoms with van der Waals surface area (Å²) in [5.41, 5.74) is 2.93. The highest BCUT2D eigenvalue weighted by Gasteiger charge is 2.27. The van der Waals surface area contributed by atoms with Gasteiger partial charge in [0.15, 0.2) is 0 Å². The van der Waals surface area contributed by atoms with E-state index in [1.165, 1.54) is 73.1 Å². The Bertz CT molecular complexity index is 3660. The number of aromatic nitrogens is 2. The lowest BCUT2D eigenvalue weighted by Gasteiger charge is -2.35. The number of rotatable bonds is 13. The molecule has 14 nitrogen and oxygen atoms in total. The van der Waals surface area contributed by atoms with E-state index in [0.29, 0.717) is 91.9 Å². The molecule has 6 aromatic carbocycles. The summed E-state index contributed by atoms with van der Waals surface area (Å²) >= 11 is 5.81. The van der Waals surface area contributed by atoms with Crippen molar-refractivity contribution in [2.45, 2.75) is 22.9 Å². The predicted molar refractivity (Wildman–Crippen MR) is 277 cm³/mol. The molecule has 2 amide bonds. The summed E-state index contributed by atoms with van der Waals surface area (Å²) in [6.45, 7) is 3.87. The van der Waals surface area contributed by atoms with Gasteiger partial charge in [0.05, 0.1) is 16.1 Å². The van der Waals surface area contributed by atoms with Gasteiger partial charge in [-0.05, 0) is 108 Å². The first-order valence-corrected chi connectivity index (χ1v) is 26.9. The standard InChI is InChI=1S/C54H46ClF3N8O6S2/c55-45-18-9-35(28-48(45)58)33-63-20-24-65(25-21-63)53(67)37-12-16-43(17-13-37)62-74(71,72)50-8-2-5-39-29-41(32-60-52(39)50)40-30-46(56)44(47(57)31-40)34-64-22-26-66(27-23-64)54(68)38-10-14-42(15-11-38)61-73(69,70)49-7-1-4-36-6-3-19-59-51(36)49/h1-19,28-32,61-62H,20-27,33-34H2. The number of nitrogens with one attached hydrogen (secondary N) is 2. The van der Waals surface area contributed by atoms with Crippen molar-refractivity contribution in [3.05, 3.63) is 191 Å². The first-order chi connectivity index (χ1) is 35.6. The third kappa shape index (κ3) is 10.8. The zero-order valence-corrected chi connectivity index (χ0v) is 41.8. The number of piperazine rings is 2. The number of halogens is 4. The van der Waals surface area contributed by atoms with Gasteiger partial charge in [-0.1, -0.05) is 48.0 Å². The van der Waals surface area contributed by atoms with Crippen LogP contribution in [0.2, 0.25) is 5.02 Å². The molecule has 2 fully saturated rings. The smallest absolute Gasteiger partial charge is 0.264 e. The van der Waals surface area contributed by atoms with Gasteiger partial charge in [-0.2, -0.15) is 0 Å². The Labute approximate surface area is 430 Å². The van der Waals surface area contributed by atoms with E-state index in [1.807, 2.05) is 4.90 Å². The van der Waals surface area contributed by atoms with E-state index in [1.54, 1.807) is 82.6 Å². The number of benzene rings is 6. The van der Waals surface area contributed by atoms with Crippen molar-refractivity contribution >= 4 is 76.6 Å². The van der Waals surface area contributed by atoms with Crippen LogP contribution in [0.3, 0.4) is 0 Å². The molecule has 2 N–H and O–H groups in total. The molecule has 10 rings (SSSR count). The SMILES string of the molecule is O=C(c1ccc(NS(=O)(=O)c2cccc3cc(-c4cc(F)c(CN5CCN(C(=O)c6ccc(NS(=O)(=O)c7cccc8cccnc78)cc6)CC5)c(F)c4)cnc23)cc1)N1CCN(Cc2ccc(Cl)c(F)c2)CC1. The summed E-state index contributed by atoms with van der Waals surface area (Å²) in [4.78, 5) is 42.7. The number of pyridine rings is 2. The molecule has 20 heteroatoms. The number of para-hydroxylation sites is 2. The van der Waals surface area contributed by atoms with E-state index in [2.05, 4.69) is 24.3 Å². The molecule has 8 aromatic rings. The van der Waals surface area contributed by atoms with Crippen LogP contribution in [0.4, 0.5) is 24.5 Å². The lowest BCUT2D eigenvalue weighted by molar-refractivity contribution is 0.0620. The van der Waals surface area contributed by atoms with Crippen molar-refractivity contribution in [3.63, 3.8) is 0 Å². The van der Waals surface area contributed by atoms with Gasteiger partial charge >= 0.3 is 0 Å². The summed E-state index contributed by atoms with van der Waals surface area (Å²) in [6.07, 6.45) is 2.88. The number of carbonyl (C=O) groups is 2. The van der Waals surface area contributed by atoms with Crippen LogP contribution in [-0.4, -0.2) is 111 Å². The number of nitrogens with zero attached hydrogens (tertiary/aromatic N) is 6. The van der Waals surface area contributed by atoms with E-state index < -0.39 is 37.5 Å². The predicted octanol–water partition coefficient (Wildman–Crippen LogP) is 9.04. The molecule has 0 aliphatic carbocycles. The van der Waals surface area contributed by atoms with Gasteiger partial charge in [-0.15, -0.1) is 0 Å². The number of anilines is 2. The van der Waals surface area contributed by atoms with Gasteiger partial charge in [-0.25, -0.2) is 30.0 Å². The third-order valence-corrected chi connectivity index (χ3v) is 16.3. The highest BCUT2D eigenvalue weighted by molar-refractivity contribution is 7.93. The number of fused-ring (bicyclic) bond motifs is 2. The fourth-order valence-electron chi connectivity index (χ4n) is 9.21. The molecular formula is C54H46ClF3N8O6S2. The summed E-state index contributed by atoms with van der Waals surface area (Å²) < 4.78 is 105. The Hall–Kier alpha value is -7.42. The molecule has 74 heavy (non-hydrogen) atoms. The molecule has 4 heterocycles. The molecule has 0 saturated carbocycles. The Morgan fingerprint density at radius 2 is 1.03 bits per heavy atom. The molecule has 0 radical (unpaired) electrons. The maximum atomic E-state index is 15.8. The van der Waals surface area contributed by atoms with Gasteiger partial charge in [0.25, 0.3) is 31.9 Å². The summed E-state index contributed by atoms with van der Waals surface area (Å²) in [5, 5.41) is 1.16. The first-order valence-electron chi connectivity index (χ1n) is 23.5. The van der Waals surface area contributed by atoms with E-state index in [0.717, 1.165) is 5.56 Å². The second kappa shape index (κ2) is 20.8. The fraction of sp³-hybridized carbons (Fsp3) is 0.185. The number of hydrogen-bond acceptors (Lipinski definition) is 10. The molecule has 2 aromatic heterocycles. The zero-order chi connectivity index (χ0) is 51.7. The third-order valence-electron chi connectivity index (χ3n) is 13.2. The second-order valence-electron chi connectivity index (χ2n) is 18.1. The molecule has 0 unspecified atom stereocenters. The zero-order valence-electron chi connectivity index (χ0n) is 39.4. The van der Waals surface area contributed by atoms with Crippen molar-refractivity contribution in [2.24, 2.45) is 0 Å². The Kier molecular flexibility index (Phi) is 14.1. The Balaban J connectivity index is 0.730. The average Bonchev–Trinajstić information content (AvgIpc) is 3.40. The van der Waals surface area contributed by atoms with Crippen LogP contribution in [0.5, 0.6) is 0 Å². The van der Waals surface area contributed by atoms with Crippen LogP contribution in [0, 0.1) is 17.5 Å². The van der Waals surface area contributed by atoms with Crippen LogP contribution in [0.1, 0.15) is 31.8 Å². The van der Waals surface area contributed by atoms with Crippen molar-refractivity contribution in [3.8, 4) is 11.1 Å². The van der Waals surface area contributed by atoms with Gasteiger partial charge < -0.3 is 9.80 Å². The highest BCUT2D eigenvalue weighted by atomic mass is 35.5. The quantitative estimate of drug-likeness (QED) is 0.114. The monoisotopic (exact) mass is 1060 g/mol.